The molecule has 1 aromatic heterocycles. The van der Waals surface area contributed by atoms with Gasteiger partial charge in [0.25, 0.3) is 5.56 Å². The van der Waals surface area contributed by atoms with Crippen LogP contribution < -0.4 is 11.3 Å². The lowest BCUT2D eigenvalue weighted by Crippen LogP contribution is -2.36. The first-order valence-corrected chi connectivity index (χ1v) is 5.88. The maximum atomic E-state index is 11.8. The number of nitrogens with zero attached hydrogens (tertiary/aromatic N) is 3. The summed E-state index contributed by atoms with van der Waals surface area (Å²) in [6, 6.07) is 3.00. The van der Waals surface area contributed by atoms with Gasteiger partial charge in [0.05, 0.1) is 10.7 Å². The van der Waals surface area contributed by atoms with E-state index in [1.54, 1.807) is 20.0 Å². The SMILES string of the molecule is Cc1ccc(=O)n(CC(=O)N(C)CCC(N)=S)n1. The zero-order valence-corrected chi connectivity index (χ0v) is 11.2. The van der Waals surface area contributed by atoms with Crippen molar-refractivity contribution in [3.05, 3.63) is 28.2 Å². The van der Waals surface area contributed by atoms with Gasteiger partial charge in [-0.15, -0.1) is 0 Å². The van der Waals surface area contributed by atoms with Crippen LogP contribution in [0.5, 0.6) is 0 Å². The summed E-state index contributed by atoms with van der Waals surface area (Å²) in [5, 5.41) is 4.00. The van der Waals surface area contributed by atoms with Gasteiger partial charge in [0.1, 0.15) is 6.54 Å². The van der Waals surface area contributed by atoms with Crippen LogP contribution in [0.1, 0.15) is 12.1 Å². The highest BCUT2D eigenvalue weighted by atomic mass is 32.1. The topological polar surface area (TPSA) is 81.2 Å². The van der Waals surface area contributed by atoms with Gasteiger partial charge in [-0.1, -0.05) is 12.2 Å². The van der Waals surface area contributed by atoms with Crippen LogP contribution in [0.3, 0.4) is 0 Å². The van der Waals surface area contributed by atoms with E-state index in [-0.39, 0.29) is 18.0 Å². The average Bonchev–Trinajstić information content (AvgIpc) is 2.30. The molecule has 0 aliphatic rings. The third-order valence-electron chi connectivity index (χ3n) is 2.40. The first-order valence-electron chi connectivity index (χ1n) is 5.47. The minimum Gasteiger partial charge on any atom is -0.393 e. The third-order valence-corrected chi connectivity index (χ3v) is 2.61. The second-order valence-corrected chi connectivity index (χ2v) is 4.53. The maximum absolute atomic E-state index is 11.8. The van der Waals surface area contributed by atoms with E-state index in [1.807, 2.05) is 0 Å². The summed E-state index contributed by atoms with van der Waals surface area (Å²) in [5.41, 5.74) is 5.76. The first-order chi connectivity index (χ1) is 8.40. The van der Waals surface area contributed by atoms with Gasteiger partial charge in [-0.25, -0.2) is 4.68 Å². The number of likely N-dealkylation sites (N-methyl/N-ethyl adjacent to an activating group) is 1. The van der Waals surface area contributed by atoms with Crippen LogP contribution in [0.25, 0.3) is 0 Å². The maximum Gasteiger partial charge on any atom is 0.267 e. The molecule has 18 heavy (non-hydrogen) atoms. The summed E-state index contributed by atoms with van der Waals surface area (Å²) in [4.78, 5) is 25.2. The number of hydrogen-bond donors (Lipinski definition) is 1. The van der Waals surface area contributed by atoms with Gasteiger partial charge in [-0.05, 0) is 13.0 Å². The first kappa shape index (κ1) is 14.3. The summed E-state index contributed by atoms with van der Waals surface area (Å²) in [5.74, 6) is -0.202. The Hall–Kier alpha value is -1.76. The van der Waals surface area contributed by atoms with Gasteiger partial charge in [-0.3, -0.25) is 9.59 Å². The number of amides is 1. The van der Waals surface area contributed by atoms with Crippen LogP contribution in [-0.4, -0.2) is 39.2 Å². The molecular weight excluding hydrogens is 252 g/mol. The predicted octanol–water partition coefficient (Wildman–Crippen LogP) is -0.314. The van der Waals surface area contributed by atoms with Gasteiger partial charge >= 0.3 is 0 Å². The summed E-state index contributed by atoms with van der Waals surface area (Å²) < 4.78 is 1.15. The second-order valence-electron chi connectivity index (χ2n) is 4.00. The lowest BCUT2D eigenvalue weighted by atomic mass is 10.4. The Kier molecular flexibility index (Phi) is 4.96. The van der Waals surface area contributed by atoms with Crippen molar-refractivity contribution in [1.29, 1.82) is 0 Å². The summed E-state index contributed by atoms with van der Waals surface area (Å²) in [6.07, 6.45) is 0.466. The van der Waals surface area contributed by atoms with E-state index in [0.717, 1.165) is 4.68 Å². The van der Waals surface area contributed by atoms with Crippen molar-refractivity contribution in [1.82, 2.24) is 14.7 Å². The van der Waals surface area contributed by atoms with Crippen molar-refractivity contribution in [2.75, 3.05) is 13.6 Å². The van der Waals surface area contributed by atoms with E-state index >= 15 is 0 Å². The largest absolute Gasteiger partial charge is 0.393 e. The number of aryl methyl sites for hydroxylation is 1. The van der Waals surface area contributed by atoms with Crippen molar-refractivity contribution in [2.45, 2.75) is 19.9 Å². The molecule has 0 spiro atoms. The van der Waals surface area contributed by atoms with E-state index in [1.165, 1.54) is 11.0 Å². The number of hydrogen-bond acceptors (Lipinski definition) is 4. The van der Waals surface area contributed by atoms with E-state index in [0.29, 0.717) is 23.6 Å². The van der Waals surface area contributed by atoms with Gasteiger partial charge in [0.2, 0.25) is 5.91 Å². The van der Waals surface area contributed by atoms with Crippen LogP contribution in [0.2, 0.25) is 0 Å². The van der Waals surface area contributed by atoms with Crippen molar-refractivity contribution in [3.8, 4) is 0 Å². The smallest absolute Gasteiger partial charge is 0.267 e. The molecule has 1 aromatic rings. The van der Waals surface area contributed by atoms with Gasteiger partial charge in [-0.2, -0.15) is 5.10 Å². The fourth-order valence-corrected chi connectivity index (χ4v) is 1.41. The molecule has 1 amide bonds. The average molecular weight is 268 g/mol. The second kappa shape index (κ2) is 6.25. The zero-order chi connectivity index (χ0) is 13.7. The molecular formula is C11H16N4O2S. The highest BCUT2D eigenvalue weighted by Crippen LogP contribution is 1.93. The number of carbonyl (C=O) groups excluding carboxylic acids is 1. The minimum absolute atomic E-state index is 0.0751. The molecule has 98 valence electrons. The Morgan fingerprint density at radius 3 is 2.83 bits per heavy atom. The molecule has 0 fully saturated rings. The van der Waals surface area contributed by atoms with E-state index in [2.05, 4.69) is 5.10 Å². The highest BCUT2D eigenvalue weighted by Gasteiger charge is 2.11. The van der Waals surface area contributed by atoms with Crippen molar-refractivity contribution in [2.24, 2.45) is 5.73 Å². The van der Waals surface area contributed by atoms with E-state index in [9.17, 15) is 9.59 Å². The summed E-state index contributed by atoms with van der Waals surface area (Å²) in [7, 11) is 1.64. The number of nitrogens with two attached hydrogens (primary N) is 1. The highest BCUT2D eigenvalue weighted by molar-refractivity contribution is 7.80. The quantitative estimate of drug-likeness (QED) is 0.741. The Balaban J connectivity index is 2.66. The van der Waals surface area contributed by atoms with Gasteiger partial charge in [0, 0.05) is 26.1 Å². The molecule has 0 bridgehead atoms. The molecule has 0 aliphatic carbocycles. The van der Waals surface area contributed by atoms with Crippen molar-refractivity contribution in [3.63, 3.8) is 0 Å². The van der Waals surface area contributed by atoms with Crippen LogP contribution in [0.4, 0.5) is 0 Å². The molecule has 0 aromatic carbocycles. The molecule has 2 N–H and O–H groups in total. The van der Waals surface area contributed by atoms with E-state index in [4.69, 9.17) is 18.0 Å². The van der Waals surface area contributed by atoms with Gasteiger partial charge in [0.15, 0.2) is 0 Å². The molecule has 1 rings (SSSR count). The van der Waals surface area contributed by atoms with Crippen LogP contribution in [0.15, 0.2) is 16.9 Å². The van der Waals surface area contributed by atoms with Crippen molar-refractivity contribution >= 4 is 23.1 Å². The Morgan fingerprint density at radius 1 is 1.56 bits per heavy atom. The molecule has 0 unspecified atom stereocenters. The van der Waals surface area contributed by atoms with Crippen molar-refractivity contribution < 1.29 is 4.79 Å². The summed E-state index contributed by atoms with van der Waals surface area (Å²) >= 11 is 4.74. The number of carbonyl (C=O) groups is 1. The van der Waals surface area contributed by atoms with Crippen LogP contribution >= 0.6 is 12.2 Å². The lowest BCUT2D eigenvalue weighted by Gasteiger charge is -2.17. The Labute approximate surface area is 110 Å². The predicted molar refractivity (Wildman–Crippen MR) is 72.3 cm³/mol. The number of thiocarbonyl (C=S) groups is 1. The van der Waals surface area contributed by atoms with Crippen LogP contribution in [0, 0.1) is 6.92 Å². The fraction of sp³-hybridized carbons (Fsp3) is 0.455. The molecule has 0 atom stereocenters. The minimum atomic E-state index is -0.295. The number of rotatable bonds is 5. The monoisotopic (exact) mass is 268 g/mol. The molecule has 1 heterocycles. The normalized spacial score (nSPS) is 10.1. The van der Waals surface area contributed by atoms with E-state index < -0.39 is 0 Å². The van der Waals surface area contributed by atoms with Crippen LogP contribution in [-0.2, 0) is 11.3 Å². The molecule has 6 nitrogen and oxygen atoms in total. The van der Waals surface area contributed by atoms with Gasteiger partial charge < -0.3 is 10.6 Å². The zero-order valence-electron chi connectivity index (χ0n) is 10.4. The third kappa shape index (κ3) is 4.25. The fourth-order valence-electron chi connectivity index (χ4n) is 1.32. The lowest BCUT2D eigenvalue weighted by molar-refractivity contribution is -0.130. The Bertz CT molecular complexity index is 512. The number of aromatic nitrogens is 2. The molecule has 0 aliphatic heterocycles. The summed E-state index contributed by atoms with van der Waals surface area (Å²) in [6.45, 7) is 2.13. The standard InChI is InChI=1S/C11H16N4O2S/c1-8-3-4-10(16)15(13-8)7-11(17)14(2)6-5-9(12)18/h3-4H,5-7H2,1-2H3,(H2,12,18). The molecule has 7 heteroatoms. The molecule has 0 radical (unpaired) electrons. The molecule has 0 saturated heterocycles. The Morgan fingerprint density at radius 2 is 2.22 bits per heavy atom. The molecule has 0 saturated carbocycles.